The Kier molecular flexibility index (Phi) is 11.4. The third kappa shape index (κ3) is 9.07. The van der Waals surface area contributed by atoms with Crippen molar-refractivity contribution < 1.29 is 19.8 Å². The maximum Gasteiger partial charge on any atom is 0.181 e. The number of allylic oxidation sites excluding steroid dienone is 2. The molecule has 0 aliphatic heterocycles. The first kappa shape index (κ1) is 23.7. The molecule has 0 heterocycles. The van der Waals surface area contributed by atoms with Gasteiger partial charge in [-0.2, -0.15) is 0 Å². The van der Waals surface area contributed by atoms with Crippen molar-refractivity contribution in [3.8, 4) is 0 Å². The van der Waals surface area contributed by atoms with Crippen LogP contribution in [0.25, 0.3) is 0 Å². The summed E-state index contributed by atoms with van der Waals surface area (Å²) in [6, 6.07) is 0. The highest BCUT2D eigenvalue weighted by Crippen LogP contribution is 2.23. The summed E-state index contributed by atoms with van der Waals surface area (Å²) < 4.78 is 0. The molecular formula is C20H35NO4. The molecule has 0 aliphatic rings. The molecular weight excluding hydrogens is 318 g/mol. The first-order chi connectivity index (χ1) is 11.6. The summed E-state index contributed by atoms with van der Waals surface area (Å²) in [6.45, 7) is 11.1. The molecule has 25 heavy (non-hydrogen) atoms. The summed E-state index contributed by atoms with van der Waals surface area (Å²) in [5.74, 6) is 0.0594. The Hall–Kier alpha value is -1.33. The first-order valence-electron chi connectivity index (χ1n) is 9.13. The van der Waals surface area contributed by atoms with E-state index in [0.717, 1.165) is 12.0 Å². The number of rotatable bonds is 12. The average Bonchev–Trinajstić information content (AvgIpc) is 2.56. The van der Waals surface area contributed by atoms with Gasteiger partial charge in [-0.25, -0.2) is 0 Å². The van der Waals surface area contributed by atoms with Crippen LogP contribution in [0.15, 0.2) is 16.3 Å². The lowest BCUT2D eigenvalue weighted by Crippen LogP contribution is -2.31. The number of hydrogen-bond donors (Lipinski definition) is 2. The number of carbonyl (C=O) groups excluding carboxylic acids is 2. The Morgan fingerprint density at radius 1 is 1.04 bits per heavy atom. The first-order valence-corrected chi connectivity index (χ1v) is 9.13. The molecule has 0 radical (unpaired) electrons. The van der Waals surface area contributed by atoms with Gasteiger partial charge in [-0.3, -0.25) is 9.79 Å². The van der Waals surface area contributed by atoms with Gasteiger partial charge in [-0.05, 0) is 56.9 Å². The van der Waals surface area contributed by atoms with E-state index in [0.29, 0.717) is 12.1 Å². The molecule has 0 aliphatic carbocycles. The van der Waals surface area contributed by atoms with Crippen molar-refractivity contribution in [1.82, 2.24) is 0 Å². The minimum absolute atomic E-state index is 0.000486. The van der Waals surface area contributed by atoms with E-state index < -0.39 is 6.10 Å². The minimum Gasteiger partial charge on any atom is -0.396 e. The van der Waals surface area contributed by atoms with Gasteiger partial charge in [-0.1, -0.05) is 20.8 Å². The summed E-state index contributed by atoms with van der Waals surface area (Å²) in [6.07, 6.45) is 3.10. The van der Waals surface area contributed by atoms with Gasteiger partial charge in [0.25, 0.3) is 0 Å². The number of nitrogens with zero attached hydrogens (tertiary/aromatic N) is 1. The Morgan fingerprint density at radius 3 is 2.12 bits per heavy atom. The Balaban J connectivity index is 4.59. The van der Waals surface area contributed by atoms with E-state index in [-0.39, 0.29) is 48.8 Å². The maximum absolute atomic E-state index is 12.1. The van der Waals surface area contributed by atoms with Crippen molar-refractivity contribution in [3.05, 3.63) is 11.3 Å². The third-order valence-corrected chi connectivity index (χ3v) is 4.72. The molecule has 0 aromatic heterocycles. The van der Waals surface area contributed by atoms with Crippen molar-refractivity contribution in [2.45, 2.75) is 73.3 Å². The van der Waals surface area contributed by atoms with Gasteiger partial charge in [0.2, 0.25) is 0 Å². The van der Waals surface area contributed by atoms with E-state index in [1.807, 2.05) is 34.6 Å². The number of aliphatic hydroxyl groups is 2. The summed E-state index contributed by atoms with van der Waals surface area (Å²) in [5.41, 5.74) is 1.26. The molecule has 2 N–H and O–H groups in total. The molecule has 0 aromatic rings. The number of carbonyl (C=O) groups is 2. The van der Waals surface area contributed by atoms with E-state index in [4.69, 9.17) is 0 Å². The molecule has 5 heteroatoms. The predicted molar refractivity (Wildman–Crippen MR) is 102 cm³/mol. The SMILES string of the molecule is CC(=O)CCC(=O)C(/N=C\CC[C@H](C)[C@H](O)[C@H](C)[C@H](C)CO)=C(C)C. The molecule has 0 amide bonds. The Morgan fingerprint density at radius 2 is 1.64 bits per heavy atom. The molecule has 144 valence electrons. The minimum atomic E-state index is -0.476. The molecule has 0 saturated carbocycles. The van der Waals surface area contributed by atoms with Crippen LogP contribution >= 0.6 is 0 Å². The van der Waals surface area contributed by atoms with Crippen LogP contribution in [0.3, 0.4) is 0 Å². The van der Waals surface area contributed by atoms with Crippen molar-refractivity contribution >= 4 is 17.8 Å². The lowest BCUT2D eigenvalue weighted by molar-refractivity contribution is -0.121. The zero-order chi connectivity index (χ0) is 19.6. The van der Waals surface area contributed by atoms with Gasteiger partial charge in [0.05, 0.1) is 6.10 Å². The van der Waals surface area contributed by atoms with Gasteiger partial charge in [-0.15, -0.1) is 0 Å². The van der Waals surface area contributed by atoms with Crippen molar-refractivity contribution in [2.24, 2.45) is 22.7 Å². The monoisotopic (exact) mass is 353 g/mol. The van der Waals surface area contributed by atoms with Gasteiger partial charge < -0.3 is 15.0 Å². The largest absolute Gasteiger partial charge is 0.396 e. The molecule has 0 saturated heterocycles. The fraction of sp³-hybridized carbons (Fsp3) is 0.750. The van der Waals surface area contributed by atoms with E-state index in [1.165, 1.54) is 6.92 Å². The zero-order valence-electron chi connectivity index (χ0n) is 16.6. The molecule has 0 unspecified atom stereocenters. The molecule has 0 fully saturated rings. The van der Waals surface area contributed by atoms with Crippen LogP contribution in [-0.2, 0) is 9.59 Å². The van der Waals surface area contributed by atoms with Gasteiger partial charge in [0, 0.05) is 25.7 Å². The summed E-state index contributed by atoms with van der Waals surface area (Å²) >= 11 is 0. The normalized spacial score (nSPS) is 16.3. The lowest BCUT2D eigenvalue weighted by atomic mass is 9.83. The molecule has 0 aromatic carbocycles. The summed E-state index contributed by atoms with van der Waals surface area (Å²) in [7, 11) is 0. The third-order valence-electron chi connectivity index (χ3n) is 4.72. The van der Waals surface area contributed by atoms with Crippen LogP contribution in [0.4, 0.5) is 0 Å². The molecule has 0 spiro atoms. The van der Waals surface area contributed by atoms with E-state index in [2.05, 4.69) is 4.99 Å². The van der Waals surface area contributed by atoms with Crippen molar-refractivity contribution in [3.63, 3.8) is 0 Å². The number of aliphatic hydroxyl groups excluding tert-OH is 2. The Bertz CT molecular complexity index is 492. The topological polar surface area (TPSA) is 87.0 Å². The van der Waals surface area contributed by atoms with Gasteiger partial charge in [0.15, 0.2) is 5.78 Å². The fourth-order valence-corrected chi connectivity index (χ4v) is 2.57. The highest BCUT2D eigenvalue weighted by molar-refractivity contribution is 5.98. The molecule has 4 atom stereocenters. The maximum atomic E-state index is 12.1. The smallest absolute Gasteiger partial charge is 0.181 e. The number of hydrogen-bond acceptors (Lipinski definition) is 5. The van der Waals surface area contributed by atoms with Crippen molar-refractivity contribution in [1.29, 1.82) is 0 Å². The second-order valence-corrected chi connectivity index (χ2v) is 7.35. The number of aliphatic imine (C=N–C) groups is 1. The zero-order valence-corrected chi connectivity index (χ0v) is 16.6. The Labute approximate surface area is 152 Å². The molecule has 5 nitrogen and oxygen atoms in total. The van der Waals surface area contributed by atoms with E-state index in [1.54, 1.807) is 6.21 Å². The van der Waals surface area contributed by atoms with Crippen LogP contribution in [0.5, 0.6) is 0 Å². The highest BCUT2D eigenvalue weighted by atomic mass is 16.3. The highest BCUT2D eigenvalue weighted by Gasteiger charge is 2.24. The predicted octanol–water partition coefficient (Wildman–Crippen LogP) is 3.33. The van der Waals surface area contributed by atoms with Crippen molar-refractivity contribution in [2.75, 3.05) is 6.61 Å². The quantitative estimate of drug-likeness (QED) is 0.416. The standard InChI is InChI=1S/C20H35NO4/c1-13(2)19(18(24)10-9-16(5)23)21-11-7-8-14(3)20(25)17(6)15(4)12-22/h11,14-15,17,20,22,25H,7-10,12H2,1-6H3/b21-11-/t14-,15+,17+,20-/m0/s1. The molecule has 0 rings (SSSR count). The lowest BCUT2D eigenvalue weighted by Gasteiger charge is -2.28. The second kappa shape index (κ2) is 12.1. The summed E-state index contributed by atoms with van der Waals surface area (Å²) in [4.78, 5) is 27.5. The van der Waals surface area contributed by atoms with Crippen LogP contribution in [-0.4, -0.2) is 40.7 Å². The van der Waals surface area contributed by atoms with Crippen LogP contribution in [0.2, 0.25) is 0 Å². The summed E-state index contributed by atoms with van der Waals surface area (Å²) in [5, 5.41) is 19.5. The average molecular weight is 354 g/mol. The second-order valence-electron chi connectivity index (χ2n) is 7.35. The van der Waals surface area contributed by atoms with Gasteiger partial charge >= 0.3 is 0 Å². The molecule has 0 bridgehead atoms. The number of Topliss-reactive ketones (excluding diaryl/α,β-unsaturated/α-hetero) is 2. The van der Waals surface area contributed by atoms with Crippen LogP contribution in [0.1, 0.15) is 67.2 Å². The fourth-order valence-electron chi connectivity index (χ4n) is 2.57. The number of ketones is 2. The van der Waals surface area contributed by atoms with E-state index in [9.17, 15) is 19.8 Å². The van der Waals surface area contributed by atoms with Gasteiger partial charge in [0.1, 0.15) is 11.5 Å². The van der Waals surface area contributed by atoms with E-state index >= 15 is 0 Å². The van der Waals surface area contributed by atoms with Crippen LogP contribution in [0, 0.1) is 17.8 Å². The van der Waals surface area contributed by atoms with Crippen LogP contribution < -0.4 is 0 Å².